The van der Waals surface area contributed by atoms with E-state index in [0.717, 1.165) is 16.7 Å². The molecular weight excluding hydrogens is 733 g/mol. The van der Waals surface area contributed by atoms with Crippen molar-refractivity contribution in [2.75, 3.05) is 17.2 Å². The number of rotatable bonds is 16. The highest BCUT2D eigenvalue weighted by Crippen LogP contribution is 2.41. The number of nitrogens with one attached hydrogen (secondary N) is 3. The van der Waals surface area contributed by atoms with Crippen molar-refractivity contribution in [3.05, 3.63) is 168 Å². The molecule has 0 radical (unpaired) electrons. The number of carbonyl (C=O) groups is 4. The molecule has 0 aliphatic carbocycles. The number of carbonyl (C=O) groups excluding carboxylic acids is 4. The van der Waals surface area contributed by atoms with E-state index in [-0.39, 0.29) is 47.4 Å². The van der Waals surface area contributed by atoms with E-state index in [1.807, 2.05) is 105 Å². The van der Waals surface area contributed by atoms with Crippen molar-refractivity contribution in [2.24, 2.45) is 5.73 Å². The van der Waals surface area contributed by atoms with Gasteiger partial charge in [0.1, 0.15) is 23.3 Å². The minimum absolute atomic E-state index is 0.0685. The highest BCUT2D eigenvalue weighted by Gasteiger charge is 2.38. The summed E-state index contributed by atoms with van der Waals surface area (Å²) in [5.74, 6) is -1.85. The van der Waals surface area contributed by atoms with E-state index in [9.17, 15) is 19.2 Å². The molecule has 0 saturated carbocycles. The van der Waals surface area contributed by atoms with E-state index >= 15 is 0 Å². The lowest BCUT2D eigenvalue weighted by atomic mass is 9.77. The second-order valence-electron chi connectivity index (χ2n) is 14.8. The molecule has 58 heavy (non-hydrogen) atoms. The Hall–Kier alpha value is -6.72. The Morgan fingerprint density at radius 1 is 0.724 bits per heavy atom. The van der Waals surface area contributed by atoms with Gasteiger partial charge in [-0.25, -0.2) is 4.79 Å². The first-order valence-electron chi connectivity index (χ1n) is 19.0. The number of nitrogens with two attached hydrogens (primary N) is 1. The molecule has 5 rings (SSSR count). The minimum atomic E-state index is -1.19. The van der Waals surface area contributed by atoms with Gasteiger partial charge in [0.2, 0.25) is 11.8 Å². The summed E-state index contributed by atoms with van der Waals surface area (Å²) in [6.45, 7) is 12.7. The molecule has 0 fully saturated rings. The maximum atomic E-state index is 13.8. The standard InChI is InChI=1S/C47H50N4O7/c1-7-29-56-41-37(45(55)58-46(4,5)6)27-28-39(42(41)57-31(2)3)50-43(53)32-23-25-36(26-24-32)49-44(54)38(48)30-40(52)51-47(33-17-11-8-12-18-33,34-19-13-9-14-20-34)35-21-15-10-16-22-35/h7-28,31,38H,1,29-30,48H2,2-6H3,(H,49,54)(H,50,53)(H,51,52)/t38-/m0/s1. The van der Waals surface area contributed by atoms with E-state index in [4.69, 9.17) is 19.9 Å². The molecule has 0 unspecified atom stereocenters. The number of esters is 1. The predicted molar refractivity (Wildman–Crippen MR) is 226 cm³/mol. The summed E-state index contributed by atoms with van der Waals surface area (Å²) in [4.78, 5) is 53.8. The molecule has 0 aliphatic rings. The van der Waals surface area contributed by atoms with E-state index in [2.05, 4.69) is 22.5 Å². The molecule has 5 N–H and O–H groups in total. The first-order chi connectivity index (χ1) is 27.7. The van der Waals surface area contributed by atoms with Crippen LogP contribution in [0.3, 0.4) is 0 Å². The van der Waals surface area contributed by atoms with Gasteiger partial charge >= 0.3 is 5.97 Å². The van der Waals surface area contributed by atoms with Crippen LogP contribution in [-0.4, -0.2) is 48.0 Å². The second-order valence-corrected chi connectivity index (χ2v) is 14.8. The Morgan fingerprint density at radius 2 is 1.26 bits per heavy atom. The second kappa shape index (κ2) is 18.9. The lowest BCUT2D eigenvalue weighted by Gasteiger charge is -2.37. The van der Waals surface area contributed by atoms with Gasteiger partial charge in [-0.15, -0.1) is 0 Å². The summed E-state index contributed by atoms with van der Waals surface area (Å²) in [6, 6.07) is 37.0. The van der Waals surface area contributed by atoms with Gasteiger partial charge in [-0.2, -0.15) is 0 Å². The molecule has 1 atom stereocenters. The van der Waals surface area contributed by atoms with Gasteiger partial charge in [0.25, 0.3) is 5.91 Å². The van der Waals surface area contributed by atoms with Crippen LogP contribution in [0.5, 0.6) is 11.5 Å². The number of amides is 3. The topological polar surface area (TPSA) is 158 Å². The van der Waals surface area contributed by atoms with Crippen LogP contribution in [0, 0.1) is 0 Å². The summed E-state index contributed by atoms with van der Waals surface area (Å²) in [5.41, 5.74) is 8.05. The van der Waals surface area contributed by atoms with Crippen molar-refractivity contribution >= 4 is 35.1 Å². The molecule has 0 bridgehead atoms. The quantitative estimate of drug-likeness (QED) is 0.0445. The molecule has 0 heterocycles. The number of hydrogen-bond donors (Lipinski definition) is 4. The maximum Gasteiger partial charge on any atom is 0.342 e. The van der Waals surface area contributed by atoms with Crippen molar-refractivity contribution in [3.8, 4) is 11.5 Å². The maximum absolute atomic E-state index is 13.8. The first-order valence-corrected chi connectivity index (χ1v) is 19.0. The first kappa shape index (κ1) is 42.4. The fourth-order valence-corrected chi connectivity index (χ4v) is 6.26. The molecule has 5 aromatic rings. The number of benzene rings is 5. The Bertz CT molecular complexity index is 2110. The third-order valence-corrected chi connectivity index (χ3v) is 8.78. The van der Waals surface area contributed by atoms with Crippen LogP contribution < -0.4 is 31.2 Å². The van der Waals surface area contributed by atoms with E-state index < -0.39 is 40.9 Å². The van der Waals surface area contributed by atoms with Gasteiger partial charge in [0, 0.05) is 11.3 Å². The summed E-state index contributed by atoms with van der Waals surface area (Å²) < 4.78 is 17.6. The number of anilines is 2. The number of hydrogen-bond acceptors (Lipinski definition) is 8. The van der Waals surface area contributed by atoms with Crippen LogP contribution in [0.25, 0.3) is 0 Å². The summed E-state index contributed by atoms with van der Waals surface area (Å²) in [5, 5.41) is 8.82. The highest BCUT2D eigenvalue weighted by molar-refractivity contribution is 6.06. The Labute approximate surface area is 339 Å². The lowest BCUT2D eigenvalue weighted by molar-refractivity contribution is -0.126. The van der Waals surface area contributed by atoms with Crippen LogP contribution in [0.15, 0.2) is 140 Å². The van der Waals surface area contributed by atoms with Crippen LogP contribution in [0.1, 0.15) is 78.4 Å². The lowest BCUT2D eigenvalue weighted by Crippen LogP contribution is -2.50. The van der Waals surface area contributed by atoms with Gasteiger partial charge in [0.05, 0.1) is 24.3 Å². The summed E-state index contributed by atoms with van der Waals surface area (Å²) in [6.07, 6.45) is 0.891. The Balaban J connectivity index is 1.30. The van der Waals surface area contributed by atoms with E-state index in [1.165, 1.54) is 24.3 Å². The van der Waals surface area contributed by atoms with Crippen LogP contribution >= 0.6 is 0 Å². The molecule has 300 valence electrons. The van der Waals surface area contributed by atoms with E-state index in [1.54, 1.807) is 39.0 Å². The van der Waals surface area contributed by atoms with E-state index in [0.29, 0.717) is 5.69 Å². The van der Waals surface area contributed by atoms with Crippen LogP contribution in [-0.2, 0) is 19.9 Å². The fourth-order valence-electron chi connectivity index (χ4n) is 6.26. The predicted octanol–water partition coefficient (Wildman–Crippen LogP) is 8.01. The zero-order chi connectivity index (χ0) is 41.9. The van der Waals surface area contributed by atoms with Crippen molar-refractivity contribution in [1.82, 2.24) is 5.32 Å². The molecule has 0 saturated heterocycles. The molecule has 0 aromatic heterocycles. The monoisotopic (exact) mass is 782 g/mol. The molecular formula is C47H50N4O7. The smallest absolute Gasteiger partial charge is 0.342 e. The van der Waals surface area contributed by atoms with Crippen LogP contribution in [0.2, 0.25) is 0 Å². The van der Waals surface area contributed by atoms with Crippen LogP contribution in [0.4, 0.5) is 11.4 Å². The average molecular weight is 783 g/mol. The molecule has 5 aromatic carbocycles. The van der Waals surface area contributed by atoms with Gasteiger partial charge in [-0.3, -0.25) is 14.4 Å². The van der Waals surface area contributed by atoms with Crippen molar-refractivity contribution < 1.29 is 33.4 Å². The molecule has 11 nitrogen and oxygen atoms in total. The fraction of sp³-hybridized carbons (Fsp3) is 0.234. The van der Waals surface area contributed by atoms with Gasteiger partial charge in [-0.1, -0.05) is 104 Å². The van der Waals surface area contributed by atoms with Crippen molar-refractivity contribution in [2.45, 2.75) is 64.3 Å². The zero-order valence-corrected chi connectivity index (χ0v) is 33.4. The summed E-state index contributed by atoms with van der Waals surface area (Å²) >= 11 is 0. The largest absolute Gasteiger partial charge is 0.485 e. The Morgan fingerprint density at radius 3 is 1.74 bits per heavy atom. The molecule has 0 spiro atoms. The van der Waals surface area contributed by atoms with Gasteiger partial charge in [-0.05, 0) is 87.7 Å². The SMILES string of the molecule is C=CCOc1c(C(=O)OC(C)(C)C)ccc(NC(=O)c2ccc(NC(=O)[C@@H](N)CC(=O)NC(c3ccccc3)(c3ccccc3)c3ccccc3)cc2)c1OC(C)C. The molecule has 3 amide bonds. The molecule has 11 heteroatoms. The third kappa shape index (κ3) is 10.6. The average Bonchev–Trinajstić information content (AvgIpc) is 3.20. The zero-order valence-electron chi connectivity index (χ0n) is 33.4. The Kier molecular flexibility index (Phi) is 13.9. The normalized spacial score (nSPS) is 11.8. The third-order valence-electron chi connectivity index (χ3n) is 8.78. The minimum Gasteiger partial charge on any atom is -0.485 e. The van der Waals surface area contributed by atoms with Gasteiger partial charge in [0.15, 0.2) is 11.5 Å². The van der Waals surface area contributed by atoms with Crippen molar-refractivity contribution in [1.29, 1.82) is 0 Å². The summed E-state index contributed by atoms with van der Waals surface area (Å²) in [7, 11) is 0. The number of ether oxygens (including phenoxy) is 3. The molecule has 0 aliphatic heterocycles. The highest BCUT2D eigenvalue weighted by atomic mass is 16.6. The van der Waals surface area contributed by atoms with Crippen molar-refractivity contribution in [3.63, 3.8) is 0 Å². The van der Waals surface area contributed by atoms with Gasteiger partial charge < -0.3 is 35.9 Å².